The van der Waals surface area contributed by atoms with Crippen molar-refractivity contribution in [3.05, 3.63) is 0 Å². The minimum absolute atomic E-state index is 0.152. The van der Waals surface area contributed by atoms with Crippen molar-refractivity contribution in [1.82, 2.24) is 10.2 Å². The molecule has 2 N–H and O–H groups in total. The lowest BCUT2D eigenvalue weighted by Gasteiger charge is -2.26. The first-order chi connectivity index (χ1) is 11.5. The van der Waals surface area contributed by atoms with Crippen LogP contribution >= 0.6 is 0 Å². The number of rotatable bonds is 2. The van der Waals surface area contributed by atoms with Gasteiger partial charge in [0, 0.05) is 25.6 Å². The molecule has 142 valence electrons. The molecule has 1 saturated heterocycles. The van der Waals surface area contributed by atoms with Gasteiger partial charge in [0.15, 0.2) is 0 Å². The molecule has 0 aromatic rings. The van der Waals surface area contributed by atoms with E-state index in [0.717, 1.165) is 38.3 Å². The first kappa shape index (κ1) is 19.7. The van der Waals surface area contributed by atoms with E-state index in [0.29, 0.717) is 17.8 Å². The van der Waals surface area contributed by atoms with Gasteiger partial charge in [-0.2, -0.15) is 13.2 Å². The molecule has 0 unspecified atom stereocenters. The van der Waals surface area contributed by atoms with Gasteiger partial charge in [-0.25, -0.2) is 4.79 Å². The Hall–Kier alpha value is -1.64. The molecule has 0 radical (unpaired) electrons. The molecule has 1 amide bonds. The lowest BCUT2D eigenvalue weighted by Crippen LogP contribution is -2.44. The second-order valence-corrected chi connectivity index (χ2v) is 7.40. The predicted molar refractivity (Wildman–Crippen MR) is 85.2 cm³/mol. The van der Waals surface area contributed by atoms with E-state index >= 15 is 0 Å². The summed E-state index contributed by atoms with van der Waals surface area (Å²) in [5.41, 5.74) is -0.416. The lowest BCUT2D eigenvalue weighted by molar-refractivity contribution is -0.192. The molecular weight excluding hydrogens is 339 g/mol. The van der Waals surface area contributed by atoms with Gasteiger partial charge < -0.3 is 15.3 Å². The van der Waals surface area contributed by atoms with Crippen LogP contribution < -0.4 is 5.32 Å². The Morgan fingerprint density at radius 1 is 1.44 bits per heavy atom. The summed E-state index contributed by atoms with van der Waals surface area (Å²) in [6, 6.07) is 0. The van der Waals surface area contributed by atoms with E-state index in [9.17, 15) is 18.0 Å². The normalized spacial score (nSPS) is 31.6. The zero-order chi connectivity index (χ0) is 19.0. The van der Waals surface area contributed by atoms with Gasteiger partial charge in [0.05, 0.1) is 0 Å². The number of nitrogens with one attached hydrogen (secondary N) is 1. The van der Waals surface area contributed by atoms with Crippen molar-refractivity contribution < 1.29 is 27.9 Å². The van der Waals surface area contributed by atoms with Crippen LogP contribution in [0.25, 0.3) is 0 Å². The van der Waals surface area contributed by atoms with Gasteiger partial charge >= 0.3 is 12.1 Å². The van der Waals surface area contributed by atoms with Crippen molar-refractivity contribution in [2.24, 2.45) is 22.7 Å². The summed E-state index contributed by atoms with van der Waals surface area (Å²) in [6.07, 6.45) is -2.98. The van der Waals surface area contributed by atoms with E-state index in [1.807, 2.05) is 6.92 Å². The van der Waals surface area contributed by atoms with E-state index in [1.165, 1.54) is 0 Å². The van der Waals surface area contributed by atoms with Crippen LogP contribution in [0.1, 0.15) is 33.6 Å². The minimum Gasteiger partial charge on any atom is -0.475 e. The number of alkyl halides is 3. The highest BCUT2D eigenvalue weighted by molar-refractivity contribution is 6.07. The monoisotopic (exact) mass is 363 g/mol. The number of amidine groups is 1. The number of halogens is 3. The van der Waals surface area contributed by atoms with Gasteiger partial charge in [-0.15, -0.1) is 0 Å². The molecule has 1 aliphatic carbocycles. The van der Waals surface area contributed by atoms with Gasteiger partial charge in [-0.05, 0) is 31.6 Å². The molecule has 3 aliphatic rings. The van der Waals surface area contributed by atoms with Crippen LogP contribution in [-0.4, -0.2) is 59.1 Å². The molecule has 2 aliphatic heterocycles. The molecule has 6 nitrogen and oxygen atoms in total. The number of hydrogen-bond acceptors (Lipinski definition) is 4. The summed E-state index contributed by atoms with van der Waals surface area (Å²) < 4.78 is 31.7. The molecule has 0 bridgehead atoms. The quantitative estimate of drug-likeness (QED) is 0.785. The third kappa shape index (κ3) is 4.13. The topological polar surface area (TPSA) is 82.0 Å². The highest BCUT2D eigenvalue weighted by Crippen LogP contribution is 2.48. The minimum atomic E-state index is -5.08. The van der Waals surface area contributed by atoms with Crippen molar-refractivity contribution >= 4 is 17.7 Å². The third-order valence-corrected chi connectivity index (χ3v) is 4.95. The van der Waals surface area contributed by atoms with Crippen molar-refractivity contribution in [2.45, 2.75) is 45.3 Å². The van der Waals surface area contributed by atoms with Gasteiger partial charge in [-0.3, -0.25) is 9.79 Å². The van der Waals surface area contributed by atoms with E-state index < -0.39 is 17.7 Å². The number of fused-ring (bicyclic) bond motifs is 2. The molecule has 3 rings (SSSR count). The maximum absolute atomic E-state index is 12.2. The summed E-state index contributed by atoms with van der Waals surface area (Å²) in [6.45, 7) is 9.77. The first-order valence-corrected chi connectivity index (χ1v) is 8.36. The molecule has 1 spiro atoms. The number of carboxylic acids is 1. The molecule has 2 fully saturated rings. The Labute approximate surface area is 144 Å². The molecule has 0 aromatic carbocycles. The van der Waals surface area contributed by atoms with Gasteiger partial charge in [0.25, 0.3) is 5.91 Å². The van der Waals surface area contributed by atoms with E-state index in [4.69, 9.17) is 9.90 Å². The smallest absolute Gasteiger partial charge is 0.475 e. The van der Waals surface area contributed by atoms with Crippen LogP contribution in [0.4, 0.5) is 13.2 Å². The SMILES string of the molecule is CC1=N[C@@]2(CC[C@@H]3CN(CC(C)C)C[C@@H]32)C(=O)N1.O=C(O)C(F)(F)F. The van der Waals surface area contributed by atoms with Gasteiger partial charge in [-0.1, -0.05) is 13.8 Å². The molecule has 0 aromatic heterocycles. The molecule has 9 heteroatoms. The zero-order valence-electron chi connectivity index (χ0n) is 14.6. The number of carbonyl (C=O) groups is 2. The second-order valence-electron chi connectivity index (χ2n) is 7.40. The Bertz CT molecular complexity index is 577. The van der Waals surface area contributed by atoms with Crippen LogP contribution in [0, 0.1) is 17.8 Å². The van der Waals surface area contributed by atoms with Crippen LogP contribution in [0.5, 0.6) is 0 Å². The Balaban J connectivity index is 0.000000277. The average Bonchev–Trinajstić information content (AvgIpc) is 3.06. The van der Waals surface area contributed by atoms with E-state index in [-0.39, 0.29) is 5.91 Å². The fourth-order valence-electron chi connectivity index (χ4n) is 4.12. The third-order valence-electron chi connectivity index (χ3n) is 4.95. The summed E-state index contributed by atoms with van der Waals surface area (Å²) >= 11 is 0. The Morgan fingerprint density at radius 2 is 2.04 bits per heavy atom. The Kier molecular flexibility index (Phi) is 5.46. The van der Waals surface area contributed by atoms with Crippen molar-refractivity contribution in [1.29, 1.82) is 0 Å². The summed E-state index contributed by atoms with van der Waals surface area (Å²) in [5, 5.41) is 10.0. The number of carboxylic acid groups (broad SMARTS) is 1. The number of likely N-dealkylation sites (tertiary alicyclic amines) is 1. The summed E-state index contributed by atoms with van der Waals surface area (Å²) in [4.78, 5) is 28.3. The first-order valence-electron chi connectivity index (χ1n) is 8.36. The van der Waals surface area contributed by atoms with Gasteiger partial charge in [0.2, 0.25) is 0 Å². The van der Waals surface area contributed by atoms with Crippen LogP contribution in [0.2, 0.25) is 0 Å². The molecule has 2 heterocycles. The van der Waals surface area contributed by atoms with Crippen molar-refractivity contribution in [3.63, 3.8) is 0 Å². The van der Waals surface area contributed by atoms with Gasteiger partial charge in [0.1, 0.15) is 11.4 Å². The highest BCUT2D eigenvalue weighted by atomic mass is 19.4. The summed E-state index contributed by atoms with van der Waals surface area (Å²) in [7, 11) is 0. The fraction of sp³-hybridized carbons (Fsp3) is 0.812. The van der Waals surface area contributed by atoms with Crippen molar-refractivity contribution in [2.75, 3.05) is 19.6 Å². The number of aliphatic carboxylic acids is 1. The second kappa shape index (κ2) is 6.93. The molecule has 25 heavy (non-hydrogen) atoms. The number of hydrogen-bond donors (Lipinski definition) is 2. The number of nitrogens with zero attached hydrogens (tertiary/aromatic N) is 2. The average molecular weight is 363 g/mol. The fourth-order valence-corrected chi connectivity index (χ4v) is 4.12. The predicted octanol–water partition coefficient (Wildman–Crippen LogP) is 1.90. The Morgan fingerprint density at radius 3 is 2.48 bits per heavy atom. The van der Waals surface area contributed by atoms with Crippen LogP contribution in [0.3, 0.4) is 0 Å². The molecule has 3 atom stereocenters. The van der Waals surface area contributed by atoms with Crippen LogP contribution in [-0.2, 0) is 9.59 Å². The lowest BCUT2D eigenvalue weighted by atomic mass is 9.85. The molecular formula is C16H24F3N3O3. The summed E-state index contributed by atoms with van der Waals surface area (Å²) in [5.74, 6) is 0.00891. The zero-order valence-corrected chi connectivity index (χ0v) is 14.6. The van der Waals surface area contributed by atoms with Crippen molar-refractivity contribution in [3.8, 4) is 0 Å². The van der Waals surface area contributed by atoms with E-state index in [1.54, 1.807) is 0 Å². The highest BCUT2D eigenvalue weighted by Gasteiger charge is 2.58. The standard InChI is InChI=1S/C14H23N3O.C2HF3O2/c1-9(2)6-17-7-11-4-5-14(12(11)8-17)13(18)15-10(3)16-14;3-2(4,5)1(6)7/h9,11-12H,4-8H2,1-3H3,(H,15,16,18);(H,6,7)/t11-,12+,14-;/m1./s1. The number of aliphatic imine (C=N–C) groups is 1. The maximum Gasteiger partial charge on any atom is 0.490 e. The van der Waals surface area contributed by atoms with E-state index in [2.05, 4.69) is 29.1 Å². The molecule has 1 saturated carbocycles. The largest absolute Gasteiger partial charge is 0.490 e. The number of amides is 1. The number of carbonyl (C=O) groups excluding carboxylic acids is 1. The van der Waals surface area contributed by atoms with Crippen LogP contribution in [0.15, 0.2) is 4.99 Å². The maximum atomic E-state index is 12.2.